The minimum atomic E-state index is -0.281. The Hall–Kier alpha value is -0.490. The number of hydrogen-bond donors (Lipinski definition) is 2. The Morgan fingerprint density at radius 1 is 1.56 bits per heavy atom. The minimum absolute atomic E-state index is 0.281. The summed E-state index contributed by atoms with van der Waals surface area (Å²) >= 11 is 1.61. The van der Waals surface area contributed by atoms with Gasteiger partial charge in [0, 0.05) is 25.0 Å². The molecule has 0 amide bonds. The summed E-state index contributed by atoms with van der Waals surface area (Å²) in [6, 6.07) is 0. The Balaban J connectivity index is 1.58. The molecule has 1 saturated heterocycles. The number of aliphatic hydroxyl groups excluding tert-OH is 1. The van der Waals surface area contributed by atoms with Crippen molar-refractivity contribution in [2.75, 3.05) is 26.2 Å². The molecule has 0 spiro atoms. The van der Waals surface area contributed by atoms with Gasteiger partial charge >= 0.3 is 0 Å². The Labute approximate surface area is 113 Å². The number of hydrogen-bond acceptors (Lipinski definition) is 5. The molecule has 102 valence electrons. The number of rotatable bonds is 6. The van der Waals surface area contributed by atoms with Gasteiger partial charge in [0.1, 0.15) is 0 Å². The van der Waals surface area contributed by atoms with Crippen LogP contribution in [0.15, 0.2) is 10.9 Å². The van der Waals surface area contributed by atoms with Crippen LogP contribution in [0, 0.1) is 5.92 Å². The van der Waals surface area contributed by atoms with E-state index in [1.165, 1.54) is 12.8 Å². The SMILES string of the molecule is CC1CCN(CC(O)CNCc2cscn2)CC1. The normalized spacial score (nSPS) is 20.1. The number of aromatic nitrogens is 1. The van der Waals surface area contributed by atoms with Crippen molar-refractivity contribution < 1.29 is 5.11 Å². The van der Waals surface area contributed by atoms with E-state index in [1.807, 2.05) is 10.9 Å². The number of nitrogens with zero attached hydrogens (tertiary/aromatic N) is 2. The van der Waals surface area contributed by atoms with Gasteiger partial charge in [-0.05, 0) is 31.8 Å². The monoisotopic (exact) mass is 269 g/mol. The summed E-state index contributed by atoms with van der Waals surface area (Å²) in [6.07, 6.45) is 2.25. The average molecular weight is 269 g/mol. The largest absolute Gasteiger partial charge is 0.390 e. The van der Waals surface area contributed by atoms with Crippen LogP contribution in [0.25, 0.3) is 0 Å². The molecule has 0 saturated carbocycles. The van der Waals surface area contributed by atoms with Crippen LogP contribution < -0.4 is 5.32 Å². The summed E-state index contributed by atoms with van der Waals surface area (Å²) in [5, 5.41) is 15.3. The summed E-state index contributed by atoms with van der Waals surface area (Å²) in [5.41, 5.74) is 2.89. The fraction of sp³-hybridized carbons (Fsp3) is 0.769. The van der Waals surface area contributed by atoms with E-state index in [4.69, 9.17) is 0 Å². The van der Waals surface area contributed by atoms with E-state index in [2.05, 4.69) is 22.1 Å². The fourth-order valence-corrected chi connectivity index (χ4v) is 2.86. The van der Waals surface area contributed by atoms with Crippen LogP contribution in [-0.2, 0) is 6.54 Å². The zero-order chi connectivity index (χ0) is 12.8. The van der Waals surface area contributed by atoms with Gasteiger partial charge in [0.05, 0.1) is 17.3 Å². The minimum Gasteiger partial charge on any atom is -0.390 e. The summed E-state index contributed by atoms with van der Waals surface area (Å²) in [7, 11) is 0. The molecule has 2 rings (SSSR count). The molecule has 18 heavy (non-hydrogen) atoms. The molecule has 1 aromatic rings. The van der Waals surface area contributed by atoms with Crippen molar-refractivity contribution in [1.82, 2.24) is 15.2 Å². The topological polar surface area (TPSA) is 48.4 Å². The van der Waals surface area contributed by atoms with E-state index in [-0.39, 0.29) is 6.10 Å². The van der Waals surface area contributed by atoms with Crippen LogP contribution in [0.5, 0.6) is 0 Å². The van der Waals surface area contributed by atoms with Gasteiger partial charge in [-0.2, -0.15) is 0 Å². The lowest BCUT2D eigenvalue weighted by atomic mass is 9.99. The van der Waals surface area contributed by atoms with Crippen molar-refractivity contribution in [3.63, 3.8) is 0 Å². The maximum absolute atomic E-state index is 9.97. The Morgan fingerprint density at radius 2 is 2.33 bits per heavy atom. The Bertz CT molecular complexity index is 323. The summed E-state index contributed by atoms with van der Waals surface area (Å²) in [6.45, 7) is 6.75. The quantitative estimate of drug-likeness (QED) is 0.818. The van der Waals surface area contributed by atoms with Gasteiger partial charge in [0.25, 0.3) is 0 Å². The lowest BCUT2D eigenvalue weighted by molar-refractivity contribution is 0.0906. The number of β-amino-alcohol motifs (C(OH)–C–C–N with tert-alkyl or cyclic N) is 1. The zero-order valence-electron chi connectivity index (χ0n) is 11.0. The zero-order valence-corrected chi connectivity index (χ0v) is 11.8. The fourth-order valence-electron chi connectivity index (χ4n) is 2.30. The molecular weight excluding hydrogens is 246 g/mol. The lowest BCUT2D eigenvalue weighted by Gasteiger charge is -2.31. The van der Waals surface area contributed by atoms with E-state index in [9.17, 15) is 5.11 Å². The van der Waals surface area contributed by atoms with Gasteiger partial charge in [-0.15, -0.1) is 11.3 Å². The first kappa shape index (κ1) is 13.9. The number of likely N-dealkylation sites (tertiary alicyclic amines) is 1. The van der Waals surface area contributed by atoms with Gasteiger partial charge in [-0.1, -0.05) is 6.92 Å². The van der Waals surface area contributed by atoms with Crippen molar-refractivity contribution in [2.45, 2.75) is 32.4 Å². The molecule has 0 radical (unpaired) electrons. The Morgan fingerprint density at radius 3 is 3.00 bits per heavy atom. The molecule has 0 bridgehead atoms. The van der Waals surface area contributed by atoms with Crippen LogP contribution in [0.4, 0.5) is 0 Å². The molecule has 2 N–H and O–H groups in total. The molecule has 1 unspecified atom stereocenters. The van der Waals surface area contributed by atoms with Crippen molar-refractivity contribution in [1.29, 1.82) is 0 Å². The van der Waals surface area contributed by atoms with Crippen LogP contribution in [0.1, 0.15) is 25.5 Å². The van der Waals surface area contributed by atoms with Crippen molar-refractivity contribution in [3.8, 4) is 0 Å². The van der Waals surface area contributed by atoms with Gasteiger partial charge < -0.3 is 15.3 Å². The summed E-state index contributed by atoms with van der Waals surface area (Å²) < 4.78 is 0. The second-order valence-corrected chi connectivity index (χ2v) is 5.97. The van der Waals surface area contributed by atoms with Gasteiger partial charge in [-0.25, -0.2) is 4.98 Å². The van der Waals surface area contributed by atoms with E-state index in [0.717, 1.165) is 37.8 Å². The van der Waals surface area contributed by atoms with Gasteiger partial charge in [-0.3, -0.25) is 0 Å². The highest BCUT2D eigenvalue weighted by molar-refractivity contribution is 7.07. The number of nitrogens with one attached hydrogen (secondary N) is 1. The maximum atomic E-state index is 9.97. The molecule has 0 aromatic carbocycles. The number of thiazole rings is 1. The predicted octanol–water partition coefficient (Wildman–Crippen LogP) is 1.33. The second kappa shape index (κ2) is 7.19. The molecule has 2 heterocycles. The highest BCUT2D eigenvalue weighted by Crippen LogP contribution is 2.15. The molecule has 1 fully saturated rings. The highest BCUT2D eigenvalue weighted by Gasteiger charge is 2.17. The van der Waals surface area contributed by atoms with E-state index >= 15 is 0 Å². The molecule has 1 aliphatic heterocycles. The lowest BCUT2D eigenvalue weighted by Crippen LogP contribution is -2.41. The summed E-state index contributed by atoms with van der Waals surface area (Å²) in [5.74, 6) is 0.848. The van der Waals surface area contributed by atoms with E-state index in [1.54, 1.807) is 11.3 Å². The molecule has 4 nitrogen and oxygen atoms in total. The number of aliphatic hydroxyl groups is 1. The standard InChI is InChI=1S/C13H23N3OS/c1-11-2-4-16(5-3-11)8-13(17)7-14-6-12-9-18-10-15-12/h9-11,13-14,17H,2-8H2,1H3. The van der Waals surface area contributed by atoms with Crippen molar-refractivity contribution in [3.05, 3.63) is 16.6 Å². The smallest absolute Gasteiger partial charge is 0.0795 e. The molecule has 5 heteroatoms. The average Bonchev–Trinajstić information content (AvgIpc) is 2.85. The van der Waals surface area contributed by atoms with Crippen molar-refractivity contribution in [2.24, 2.45) is 5.92 Å². The highest BCUT2D eigenvalue weighted by atomic mass is 32.1. The number of piperidine rings is 1. The first-order valence-corrected chi connectivity index (χ1v) is 7.66. The van der Waals surface area contributed by atoms with Crippen LogP contribution in [0.3, 0.4) is 0 Å². The third kappa shape index (κ3) is 4.65. The van der Waals surface area contributed by atoms with Crippen LogP contribution >= 0.6 is 11.3 Å². The van der Waals surface area contributed by atoms with E-state index < -0.39 is 0 Å². The van der Waals surface area contributed by atoms with Crippen molar-refractivity contribution >= 4 is 11.3 Å². The molecule has 0 aliphatic carbocycles. The Kier molecular flexibility index (Phi) is 5.56. The first-order chi connectivity index (χ1) is 8.74. The second-order valence-electron chi connectivity index (χ2n) is 5.25. The molecule has 1 aliphatic rings. The predicted molar refractivity (Wildman–Crippen MR) is 74.7 cm³/mol. The molecular formula is C13H23N3OS. The third-order valence-electron chi connectivity index (χ3n) is 3.51. The third-order valence-corrected chi connectivity index (χ3v) is 4.15. The van der Waals surface area contributed by atoms with Crippen LogP contribution in [0.2, 0.25) is 0 Å². The maximum Gasteiger partial charge on any atom is 0.0795 e. The summed E-state index contributed by atoms with van der Waals surface area (Å²) in [4.78, 5) is 6.57. The van der Waals surface area contributed by atoms with E-state index in [0.29, 0.717) is 6.54 Å². The van der Waals surface area contributed by atoms with Gasteiger partial charge in [0.2, 0.25) is 0 Å². The molecule has 1 aromatic heterocycles. The van der Waals surface area contributed by atoms with Gasteiger partial charge in [0.15, 0.2) is 0 Å². The first-order valence-electron chi connectivity index (χ1n) is 6.72. The van der Waals surface area contributed by atoms with Crippen LogP contribution in [-0.4, -0.2) is 47.3 Å². The molecule has 1 atom stereocenters.